The highest BCUT2D eigenvalue weighted by atomic mass is 32.1. The molecule has 0 aliphatic rings. The number of aromatic amines is 1. The van der Waals surface area contributed by atoms with Crippen molar-refractivity contribution in [2.75, 3.05) is 17.6 Å². The van der Waals surface area contributed by atoms with Crippen LogP contribution in [0, 0.1) is 6.92 Å². The summed E-state index contributed by atoms with van der Waals surface area (Å²) in [7, 11) is 0. The number of nitrogens with one attached hydrogen (secondary N) is 2. The number of H-pyrrole nitrogens is 1. The van der Waals surface area contributed by atoms with E-state index in [0.717, 1.165) is 13.0 Å². The lowest BCUT2D eigenvalue weighted by Gasteiger charge is -1.98. The van der Waals surface area contributed by atoms with Crippen molar-refractivity contribution >= 4 is 23.2 Å². The van der Waals surface area contributed by atoms with Gasteiger partial charge in [0, 0.05) is 16.3 Å². The predicted octanol–water partition coefficient (Wildman–Crippen LogP) is 1.41. The highest BCUT2D eigenvalue weighted by molar-refractivity contribution is 7.11. The minimum Gasteiger partial charge on any atom is -0.368 e. The van der Waals surface area contributed by atoms with E-state index in [4.69, 9.17) is 5.73 Å². The third-order valence-corrected chi connectivity index (χ3v) is 3.01. The summed E-state index contributed by atoms with van der Waals surface area (Å²) in [5.74, 6) is 0.894. The van der Waals surface area contributed by atoms with Gasteiger partial charge in [0.05, 0.1) is 0 Å². The second-order valence-corrected chi connectivity index (χ2v) is 4.61. The van der Waals surface area contributed by atoms with Gasteiger partial charge in [-0.25, -0.2) is 5.10 Å². The van der Waals surface area contributed by atoms with E-state index >= 15 is 0 Å². The number of aryl methyl sites for hydroxylation is 1. The fraction of sp³-hybridized carbons (Fsp3) is 0.333. The summed E-state index contributed by atoms with van der Waals surface area (Å²) in [5, 5.41) is 9.56. The Morgan fingerprint density at radius 1 is 1.53 bits per heavy atom. The SMILES string of the molecule is Cc1ccc(CCNc2n[nH]c(N)n2)s1. The number of hydrogen-bond donors (Lipinski definition) is 3. The van der Waals surface area contributed by atoms with Crippen molar-refractivity contribution in [2.45, 2.75) is 13.3 Å². The average Bonchev–Trinajstić information content (AvgIpc) is 2.76. The van der Waals surface area contributed by atoms with Crippen LogP contribution in [-0.4, -0.2) is 21.7 Å². The maximum absolute atomic E-state index is 5.40. The van der Waals surface area contributed by atoms with Gasteiger partial charge in [-0.1, -0.05) is 0 Å². The molecule has 0 fully saturated rings. The highest BCUT2D eigenvalue weighted by Crippen LogP contribution is 2.15. The van der Waals surface area contributed by atoms with Gasteiger partial charge in [-0.05, 0) is 25.5 Å². The Kier molecular flexibility index (Phi) is 2.86. The fourth-order valence-corrected chi connectivity index (χ4v) is 2.16. The van der Waals surface area contributed by atoms with Gasteiger partial charge in [0.2, 0.25) is 11.9 Å². The van der Waals surface area contributed by atoms with Gasteiger partial charge >= 0.3 is 0 Å². The minimum absolute atomic E-state index is 0.337. The molecule has 2 heterocycles. The molecule has 0 saturated heterocycles. The molecule has 0 spiro atoms. The zero-order chi connectivity index (χ0) is 10.7. The summed E-state index contributed by atoms with van der Waals surface area (Å²) >= 11 is 1.81. The van der Waals surface area contributed by atoms with E-state index in [2.05, 4.69) is 39.6 Å². The third kappa shape index (κ3) is 2.69. The summed E-state index contributed by atoms with van der Waals surface area (Å²) < 4.78 is 0. The summed E-state index contributed by atoms with van der Waals surface area (Å²) in [6.45, 7) is 2.93. The van der Waals surface area contributed by atoms with Crippen LogP contribution in [-0.2, 0) is 6.42 Å². The van der Waals surface area contributed by atoms with Crippen molar-refractivity contribution in [1.29, 1.82) is 0 Å². The van der Waals surface area contributed by atoms with Crippen molar-refractivity contribution in [2.24, 2.45) is 0 Å². The number of anilines is 2. The van der Waals surface area contributed by atoms with Gasteiger partial charge in [-0.2, -0.15) is 4.98 Å². The smallest absolute Gasteiger partial charge is 0.243 e. The van der Waals surface area contributed by atoms with Crippen molar-refractivity contribution in [3.63, 3.8) is 0 Å². The van der Waals surface area contributed by atoms with E-state index in [9.17, 15) is 0 Å². The summed E-state index contributed by atoms with van der Waals surface area (Å²) in [6.07, 6.45) is 0.979. The highest BCUT2D eigenvalue weighted by Gasteiger charge is 2.00. The van der Waals surface area contributed by atoms with Crippen LogP contribution in [0.4, 0.5) is 11.9 Å². The molecule has 0 aliphatic heterocycles. The quantitative estimate of drug-likeness (QED) is 0.732. The van der Waals surface area contributed by atoms with Crippen molar-refractivity contribution in [1.82, 2.24) is 15.2 Å². The van der Waals surface area contributed by atoms with Crippen LogP contribution in [0.2, 0.25) is 0 Å². The molecule has 0 bridgehead atoms. The zero-order valence-electron chi connectivity index (χ0n) is 8.45. The second kappa shape index (κ2) is 4.31. The molecule has 2 aromatic heterocycles. The Balaban J connectivity index is 1.80. The Bertz CT molecular complexity index is 393. The molecule has 0 aromatic carbocycles. The van der Waals surface area contributed by atoms with E-state index in [1.165, 1.54) is 9.75 Å². The summed E-state index contributed by atoms with van der Waals surface area (Å²) in [4.78, 5) is 6.65. The van der Waals surface area contributed by atoms with Crippen LogP contribution in [0.25, 0.3) is 0 Å². The third-order valence-electron chi connectivity index (χ3n) is 1.95. The van der Waals surface area contributed by atoms with E-state index < -0.39 is 0 Å². The van der Waals surface area contributed by atoms with Crippen LogP contribution in [0.5, 0.6) is 0 Å². The molecule has 5 nitrogen and oxygen atoms in total. The molecule has 0 unspecified atom stereocenters. The second-order valence-electron chi connectivity index (χ2n) is 3.23. The topological polar surface area (TPSA) is 79.6 Å². The average molecular weight is 223 g/mol. The van der Waals surface area contributed by atoms with Gasteiger partial charge in [-0.3, -0.25) is 0 Å². The molecule has 15 heavy (non-hydrogen) atoms. The number of hydrogen-bond acceptors (Lipinski definition) is 5. The molecule has 2 rings (SSSR count). The van der Waals surface area contributed by atoms with E-state index in [1.54, 1.807) is 0 Å². The number of nitrogen functional groups attached to an aromatic ring is 1. The van der Waals surface area contributed by atoms with Crippen LogP contribution in [0.15, 0.2) is 12.1 Å². The number of nitrogens with two attached hydrogens (primary N) is 1. The molecular weight excluding hydrogens is 210 g/mol. The Morgan fingerprint density at radius 3 is 3.00 bits per heavy atom. The van der Waals surface area contributed by atoms with Crippen LogP contribution in [0.3, 0.4) is 0 Å². The lowest BCUT2D eigenvalue weighted by molar-refractivity contribution is 1.00. The molecule has 80 valence electrons. The van der Waals surface area contributed by atoms with E-state index in [0.29, 0.717) is 11.9 Å². The Labute approximate surface area is 91.7 Å². The molecule has 0 radical (unpaired) electrons. The predicted molar refractivity (Wildman–Crippen MR) is 62.0 cm³/mol. The number of nitrogens with zero attached hydrogens (tertiary/aromatic N) is 2. The van der Waals surface area contributed by atoms with Crippen LogP contribution >= 0.6 is 11.3 Å². The van der Waals surface area contributed by atoms with Gasteiger partial charge in [0.25, 0.3) is 0 Å². The lowest BCUT2D eigenvalue weighted by atomic mass is 10.3. The van der Waals surface area contributed by atoms with Gasteiger partial charge in [-0.15, -0.1) is 16.4 Å². The fourth-order valence-electron chi connectivity index (χ4n) is 1.27. The normalized spacial score (nSPS) is 10.5. The van der Waals surface area contributed by atoms with Gasteiger partial charge < -0.3 is 11.1 Å². The maximum atomic E-state index is 5.40. The molecule has 0 amide bonds. The molecule has 6 heteroatoms. The Morgan fingerprint density at radius 2 is 2.40 bits per heavy atom. The standard InChI is InChI=1S/C9H13N5S/c1-6-2-3-7(15-6)4-5-11-9-12-8(10)13-14-9/h2-3H,4-5H2,1H3,(H4,10,11,12,13,14). The first-order valence-corrected chi connectivity index (χ1v) is 5.53. The largest absolute Gasteiger partial charge is 0.368 e. The van der Waals surface area contributed by atoms with Crippen molar-refractivity contribution < 1.29 is 0 Å². The van der Waals surface area contributed by atoms with Gasteiger partial charge in [0.1, 0.15) is 0 Å². The maximum Gasteiger partial charge on any atom is 0.243 e. The molecule has 0 atom stereocenters. The molecule has 2 aromatic rings. The first kappa shape index (κ1) is 9.97. The lowest BCUT2D eigenvalue weighted by Crippen LogP contribution is -2.05. The first-order chi connectivity index (χ1) is 7.24. The van der Waals surface area contributed by atoms with Crippen LogP contribution in [0.1, 0.15) is 9.75 Å². The van der Waals surface area contributed by atoms with Gasteiger partial charge in [0.15, 0.2) is 0 Å². The number of rotatable bonds is 4. The van der Waals surface area contributed by atoms with Crippen molar-refractivity contribution in [3.8, 4) is 0 Å². The van der Waals surface area contributed by atoms with E-state index in [-0.39, 0.29) is 0 Å². The number of aromatic nitrogens is 3. The zero-order valence-corrected chi connectivity index (χ0v) is 9.27. The molecule has 4 N–H and O–H groups in total. The first-order valence-electron chi connectivity index (χ1n) is 4.71. The molecule has 0 saturated carbocycles. The summed E-state index contributed by atoms with van der Waals surface area (Å²) in [5.41, 5.74) is 5.40. The summed E-state index contributed by atoms with van der Waals surface area (Å²) in [6, 6.07) is 4.28. The molecular formula is C9H13N5S. The number of thiophene rings is 1. The van der Waals surface area contributed by atoms with E-state index in [1.807, 2.05) is 11.3 Å². The van der Waals surface area contributed by atoms with Crippen LogP contribution < -0.4 is 11.1 Å². The minimum atomic E-state index is 0.337. The monoisotopic (exact) mass is 223 g/mol. The van der Waals surface area contributed by atoms with Crippen molar-refractivity contribution in [3.05, 3.63) is 21.9 Å². The Hall–Kier alpha value is -1.56. The molecule has 0 aliphatic carbocycles.